The summed E-state index contributed by atoms with van der Waals surface area (Å²) in [6.45, 7) is 4.83. The molecule has 1 unspecified atom stereocenters. The third-order valence-electron chi connectivity index (χ3n) is 5.22. The Labute approximate surface area is 153 Å². The summed E-state index contributed by atoms with van der Waals surface area (Å²) in [6.07, 6.45) is 5.33. The topological polar surface area (TPSA) is 48.3 Å². The van der Waals surface area contributed by atoms with Crippen molar-refractivity contribution in [3.8, 4) is 0 Å². The van der Waals surface area contributed by atoms with Crippen LogP contribution in [0.15, 0.2) is 30.5 Å². The minimum Gasteiger partial charge on any atom is -0.381 e. The van der Waals surface area contributed by atoms with E-state index in [0.717, 1.165) is 56.9 Å². The quantitative estimate of drug-likeness (QED) is 0.862. The van der Waals surface area contributed by atoms with E-state index in [1.54, 1.807) is 12.1 Å². The number of halogens is 1. The highest BCUT2D eigenvalue weighted by atomic mass is 19.1. The Balaban J connectivity index is 1.34. The number of benzene rings is 1. The second-order valence-electron chi connectivity index (χ2n) is 7.18. The molecule has 5 nitrogen and oxygen atoms in total. The molecule has 3 heterocycles. The van der Waals surface area contributed by atoms with Gasteiger partial charge in [0.15, 0.2) is 0 Å². The molecule has 1 fully saturated rings. The van der Waals surface area contributed by atoms with Crippen LogP contribution in [0.4, 0.5) is 4.39 Å². The fourth-order valence-corrected chi connectivity index (χ4v) is 3.72. The SMILES string of the molecule is Fc1ccc(CNCC2OCCc3cn(CC4CCOCC4)nc32)cc1. The lowest BCUT2D eigenvalue weighted by Crippen LogP contribution is -2.27. The van der Waals surface area contributed by atoms with Gasteiger partial charge in [0, 0.05) is 39.0 Å². The molecule has 6 heteroatoms. The van der Waals surface area contributed by atoms with Gasteiger partial charge in [-0.15, -0.1) is 0 Å². The molecule has 1 saturated heterocycles. The first-order valence-corrected chi connectivity index (χ1v) is 9.48. The van der Waals surface area contributed by atoms with Gasteiger partial charge in [0.1, 0.15) is 11.9 Å². The summed E-state index contributed by atoms with van der Waals surface area (Å²) in [5, 5.41) is 8.23. The van der Waals surface area contributed by atoms with E-state index in [1.807, 2.05) is 0 Å². The van der Waals surface area contributed by atoms with Gasteiger partial charge >= 0.3 is 0 Å². The lowest BCUT2D eigenvalue weighted by molar-refractivity contribution is 0.0388. The maximum Gasteiger partial charge on any atom is 0.123 e. The number of rotatable bonds is 6. The highest BCUT2D eigenvalue weighted by Crippen LogP contribution is 2.26. The van der Waals surface area contributed by atoms with Crippen LogP contribution in [0.1, 0.15) is 35.8 Å². The van der Waals surface area contributed by atoms with Gasteiger partial charge < -0.3 is 14.8 Å². The molecular formula is C20H26FN3O2. The van der Waals surface area contributed by atoms with Crippen molar-refractivity contribution in [2.45, 2.75) is 38.5 Å². The molecular weight excluding hydrogens is 333 g/mol. The standard InChI is InChI=1S/C20H26FN3O2/c21-18-3-1-15(2-4-18)11-22-12-19-20-17(7-10-26-19)14-24(23-20)13-16-5-8-25-9-6-16/h1-4,14,16,19,22H,5-13H2. The third-order valence-corrected chi connectivity index (χ3v) is 5.22. The summed E-state index contributed by atoms with van der Waals surface area (Å²) in [6, 6.07) is 6.59. The van der Waals surface area contributed by atoms with Crippen molar-refractivity contribution in [3.05, 3.63) is 53.1 Å². The molecule has 26 heavy (non-hydrogen) atoms. The number of hydrogen-bond acceptors (Lipinski definition) is 4. The summed E-state index contributed by atoms with van der Waals surface area (Å²) >= 11 is 0. The molecule has 0 spiro atoms. The van der Waals surface area contributed by atoms with E-state index in [0.29, 0.717) is 19.0 Å². The van der Waals surface area contributed by atoms with Crippen LogP contribution >= 0.6 is 0 Å². The molecule has 1 aromatic heterocycles. The third kappa shape index (κ3) is 4.31. The number of fused-ring (bicyclic) bond motifs is 1. The van der Waals surface area contributed by atoms with Crippen LogP contribution in [0.5, 0.6) is 0 Å². The van der Waals surface area contributed by atoms with Gasteiger partial charge in [0.05, 0.1) is 12.3 Å². The van der Waals surface area contributed by atoms with E-state index in [4.69, 9.17) is 14.6 Å². The molecule has 1 N–H and O–H groups in total. The van der Waals surface area contributed by atoms with Crippen molar-refractivity contribution < 1.29 is 13.9 Å². The summed E-state index contributed by atoms with van der Waals surface area (Å²) in [4.78, 5) is 0. The molecule has 1 atom stereocenters. The van der Waals surface area contributed by atoms with Crippen molar-refractivity contribution in [1.29, 1.82) is 0 Å². The first-order valence-electron chi connectivity index (χ1n) is 9.48. The van der Waals surface area contributed by atoms with Gasteiger partial charge in [-0.25, -0.2) is 4.39 Å². The van der Waals surface area contributed by atoms with E-state index in [-0.39, 0.29) is 11.9 Å². The molecule has 0 amide bonds. The Morgan fingerprint density at radius 2 is 1.96 bits per heavy atom. The van der Waals surface area contributed by atoms with Crippen LogP contribution in [0.25, 0.3) is 0 Å². The molecule has 0 radical (unpaired) electrons. The lowest BCUT2D eigenvalue weighted by atomic mass is 10.0. The normalized spacial score (nSPS) is 20.9. The zero-order valence-corrected chi connectivity index (χ0v) is 15.0. The smallest absolute Gasteiger partial charge is 0.123 e. The maximum absolute atomic E-state index is 13.0. The summed E-state index contributed by atoms with van der Waals surface area (Å²) < 4.78 is 26.5. The average Bonchev–Trinajstić information content (AvgIpc) is 3.07. The second kappa shape index (κ2) is 8.29. The molecule has 0 bridgehead atoms. The molecule has 4 rings (SSSR count). The summed E-state index contributed by atoms with van der Waals surface area (Å²) in [7, 11) is 0. The molecule has 140 valence electrons. The van der Waals surface area contributed by atoms with Gasteiger partial charge in [-0.2, -0.15) is 5.10 Å². The predicted octanol–water partition coefficient (Wildman–Crippen LogP) is 2.85. The van der Waals surface area contributed by atoms with Crippen molar-refractivity contribution in [1.82, 2.24) is 15.1 Å². The monoisotopic (exact) mass is 359 g/mol. The van der Waals surface area contributed by atoms with Crippen molar-refractivity contribution in [2.24, 2.45) is 5.92 Å². The van der Waals surface area contributed by atoms with Crippen molar-refractivity contribution in [2.75, 3.05) is 26.4 Å². The van der Waals surface area contributed by atoms with Gasteiger partial charge in [0.2, 0.25) is 0 Å². The number of aromatic nitrogens is 2. The Morgan fingerprint density at radius 3 is 2.77 bits per heavy atom. The molecule has 2 aliphatic rings. The zero-order valence-electron chi connectivity index (χ0n) is 15.0. The van der Waals surface area contributed by atoms with Crippen LogP contribution in [-0.4, -0.2) is 36.1 Å². The fourth-order valence-electron chi connectivity index (χ4n) is 3.72. The van der Waals surface area contributed by atoms with E-state index < -0.39 is 0 Å². The van der Waals surface area contributed by atoms with Gasteiger partial charge in [-0.05, 0) is 48.4 Å². The Hall–Kier alpha value is -1.76. The van der Waals surface area contributed by atoms with Gasteiger partial charge in [-0.3, -0.25) is 4.68 Å². The van der Waals surface area contributed by atoms with Crippen molar-refractivity contribution >= 4 is 0 Å². The molecule has 0 saturated carbocycles. The molecule has 2 aromatic rings. The Kier molecular flexibility index (Phi) is 5.62. The number of nitrogens with zero attached hydrogens (tertiary/aromatic N) is 2. The average molecular weight is 359 g/mol. The van der Waals surface area contributed by atoms with Crippen LogP contribution in [0.3, 0.4) is 0 Å². The maximum atomic E-state index is 13.0. The van der Waals surface area contributed by atoms with Crippen LogP contribution < -0.4 is 5.32 Å². The fraction of sp³-hybridized carbons (Fsp3) is 0.550. The van der Waals surface area contributed by atoms with Crippen LogP contribution in [-0.2, 0) is 29.0 Å². The van der Waals surface area contributed by atoms with Crippen LogP contribution in [0, 0.1) is 11.7 Å². The number of nitrogens with one attached hydrogen (secondary N) is 1. The van der Waals surface area contributed by atoms with Crippen LogP contribution in [0.2, 0.25) is 0 Å². The van der Waals surface area contributed by atoms with E-state index >= 15 is 0 Å². The first kappa shape index (κ1) is 17.6. The minimum absolute atomic E-state index is 0.0184. The Bertz CT molecular complexity index is 710. The summed E-state index contributed by atoms with van der Waals surface area (Å²) in [5.74, 6) is 0.449. The number of hydrogen-bond donors (Lipinski definition) is 1. The van der Waals surface area contributed by atoms with Gasteiger partial charge in [-0.1, -0.05) is 12.1 Å². The predicted molar refractivity (Wildman–Crippen MR) is 96.3 cm³/mol. The number of ether oxygens (including phenoxy) is 2. The minimum atomic E-state index is -0.205. The molecule has 0 aliphatic carbocycles. The van der Waals surface area contributed by atoms with Gasteiger partial charge in [0.25, 0.3) is 0 Å². The molecule has 2 aliphatic heterocycles. The molecule has 1 aromatic carbocycles. The van der Waals surface area contributed by atoms with E-state index in [9.17, 15) is 4.39 Å². The van der Waals surface area contributed by atoms with E-state index in [1.165, 1.54) is 17.7 Å². The highest BCUT2D eigenvalue weighted by molar-refractivity contribution is 5.22. The first-order chi connectivity index (χ1) is 12.8. The zero-order chi connectivity index (χ0) is 17.8. The lowest BCUT2D eigenvalue weighted by Gasteiger charge is -2.22. The summed E-state index contributed by atoms with van der Waals surface area (Å²) in [5.41, 5.74) is 3.43. The van der Waals surface area contributed by atoms with Crippen molar-refractivity contribution in [3.63, 3.8) is 0 Å². The van der Waals surface area contributed by atoms with E-state index in [2.05, 4.69) is 16.2 Å². The highest BCUT2D eigenvalue weighted by Gasteiger charge is 2.25. The largest absolute Gasteiger partial charge is 0.381 e. The Morgan fingerprint density at radius 1 is 1.15 bits per heavy atom. The second-order valence-corrected chi connectivity index (χ2v) is 7.18.